The van der Waals surface area contributed by atoms with E-state index in [1.807, 2.05) is 0 Å². The molecular weight excluding hydrogens is 335 g/mol. The number of ether oxygens (including phenoxy) is 2. The zero-order valence-electron chi connectivity index (χ0n) is 13.1. The van der Waals surface area contributed by atoms with Crippen molar-refractivity contribution < 1.29 is 18.7 Å². The minimum Gasteiger partial charge on any atom is -0.493 e. The van der Waals surface area contributed by atoms with Gasteiger partial charge in [0.25, 0.3) is 0 Å². The van der Waals surface area contributed by atoms with E-state index in [1.165, 1.54) is 19.2 Å². The van der Waals surface area contributed by atoms with Crippen molar-refractivity contribution in [1.82, 2.24) is 0 Å². The molecule has 2 aromatic carbocycles. The van der Waals surface area contributed by atoms with Gasteiger partial charge in [-0.05, 0) is 29.8 Å². The number of hydrogen-bond donors (Lipinski definition) is 2. The van der Waals surface area contributed by atoms with Gasteiger partial charge in [-0.3, -0.25) is 4.79 Å². The number of carbonyl (C=O) groups excluding carboxylic acids is 1. The minimum absolute atomic E-state index is 0.0220. The molecule has 0 spiro atoms. The van der Waals surface area contributed by atoms with Crippen LogP contribution < -0.4 is 20.9 Å². The van der Waals surface area contributed by atoms with Crippen molar-refractivity contribution >= 4 is 17.5 Å². The van der Waals surface area contributed by atoms with Gasteiger partial charge in [0, 0.05) is 18.0 Å². The molecule has 5 nitrogen and oxygen atoms in total. The Morgan fingerprint density at radius 3 is 2.67 bits per heavy atom. The number of primary amides is 1. The van der Waals surface area contributed by atoms with Gasteiger partial charge in [0.15, 0.2) is 11.5 Å². The Labute approximate surface area is 144 Å². The number of halogens is 2. The van der Waals surface area contributed by atoms with Crippen molar-refractivity contribution in [2.24, 2.45) is 11.5 Å². The smallest absolute Gasteiger partial charge is 0.219 e. The average molecular weight is 353 g/mol. The molecule has 0 aliphatic rings. The first-order chi connectivity index (χ1) is 11.4. The number of carbonyl (C=O) groups is 1. The van der Waals surface area contributed by atoms with Crippen LogP contribution in [0, 0.1) is 5.82 Å². The Kier molecular flexibility index (Phi) is 6.00. The summed E-state index contributed by atoms with van der Waals surface area (Å²) >= 11 is 5.97. The summed E-state index contributed by atoms with van der Waals surface area (Å²) in [4.78, 5) is 11.0. The summed E-state index contributed by atoms with van der Waals surface area (Å²) in [6, 6.07) is 8.90. The van der Waals surface area contributed by atoms with Crippen molar-refractivity contribution in [3.05, 3.63) is 58.4 Å². The van der Waals surface area contributed by atoms with Crippen LogP contribution in [0.4, 0.5) is 4.39 Å². The van der Waals surface area contributed by atoms with Gasteiger partial charge in [-0.1, -0.05) is 23.7 Å². The van der Waals surface area contributed by atoms with E-state index in [-0.39, 0.29) is 23.6 Å². The summed E-state index contributed by atoms with van der Waals surface area (Å²) in [5.74, 6) is -0.107. The van der Waals surface area contributed by atoms with Gasteiger partial charge in [-0.2, -0.15) is 0 Å². The molecule has 4 N–H and O–H groups in total. The Hall–Kier alpha value is -2.31. The fraction of sp³-hybridized carbons (Fsp3) is 0.235. The van der Waals surface area contributed by atoms with Crippen LogP contribution in [0.3, 0.4) is 0 Å². The largest absolute Gasteiger partial charge is 0.493 e. The molecule has 0 aromatic heterocycles. The van der Waals surface area contributed by atoms with Crippen molar-refractivity contribution in [3.8, 4) is 11.5 Å². The number of nitrogens with two attached hydrogens (primary N) is 2. The molecule has 0 fully saturated rings. The molecule has 1 amide bonds. The standard InChI is InChI=1S/C17H18ClFN2O3/c1-23-16-7-10(14(20)8-17(21)22)5-6-15(16)24-9-11-12(18)3-2-4-13(11)19/h2-7,14H,8-9,20H2,1H3,(H2,21,22). The van der Waals surface area contributed by atoms with E-state index >= 15 is 0 Å². The van der Waals surface area contributed by atoms with Crippen LogP contribution in [-0.4, -0.2) is 13.0 Å². The van der Waals surface area contributed by atoms with Gasteiger partial charge in [-0.15, -0.1) is 0 Å². The van der Waals surface area contributed by atoms with Crippen LogP contribution in [0.25, 0.3) is 0 Å². The second-order valence-corrected chi connectivity index (χ2v) is 5.58. The van der Waals surface area contributed by atoms with Gasteiger partial charge < -0.3 is 20.9 Å². The molecule has 0 heterocycles. The lowest BCUT2D eigenvalue weighted by atomic mass is 10.0. The second kappa shape index (κ2) is 7.99. The van der Waals surface area contributed by atoms with Crippen LogP contribution in [0.1, 0.15) is 23.6 Å². The molecule has 7 heteroatoms. The number of methoxy groups -OCH3 is 1. The summed E-state index contributed by atoms with van der Waals surface area (Å²) in [5.41, 5.74) is 12.0. The number of benzene rings is 2. The predicted octanol–water partition coefficient (Wildman–Crippen LogP) is 2.94. The van der Waals surface area contributed by atoms with E-state index in [4.69, 9.17) is 32.5 Å². The Morgan fingerprint density at radius 1 is 1.29 bits per heavy atom. The molecule has 0 saturated carbocycles. The molecule has 2 rings (SSSR count). The quantitative estimate of drug-likeness (QED) is 0.802. The molecule has 0 aliphatic heterocycles. The van der Waals surface area contributed by atoms with Crippen LogP contribution in [-0.2, 0) is 11.4 Å². The summed E-state index contributed by atoms with van der Waals surface area (Å²) < 4.78 is 24.6. The second-order valence-electron chi connectivity index (χ2n) is 5.18. The lowest BCUT2D eigenvalue weighted by molar-refractivity contribution is -0.118. The first-order valence-corrected chi connectivity index (χ1v) is 7.57. The maximum absolute atomic E-state index is 13.8. The van der Waals surface area contributed by atoms with Gasteiger partial charge in [-0.25, -0.2) is 4.39 Å². The Balaban J connectivity index is 2.17. The third kappa shape index (κ3) is 4.37. The number of hydrogen-bond acceptors (Lipinski definition) is 4. The Bertz CT molecular complexity index is 720. The summed E-state index contributed by atoms with van der Waals surface area (Å²) in [7, 11) is 1.47. The lowest BCUT2D eigenvalue weighted by Crippen LogP contribution is -2.20. The maximum Gasteiger partial charge on any atom is 0.219 e. The first-order valence-electron chi connectivity index (χ1n) is 7.20. The SMILES string of the molecule is COc1cc(C(N)CC(N)=O)ccc1OCc1c(F)cccc1Cl. The number of rotatable bonds is 7. The zero-order valence-corrected chi connectivity index (χ0v) is 13.8. The first kappa shape index (κ1) is 18.0. The van der Waals surface area contributed by atoms with E-state index in [1.54, 1.807) is 24.3 Å². The number of amides is 1. The predicted molar refractivity (Wildman–Crippen MR) is 89.5 cm³/mol. The van der Waals surface area contributed by atoms with Gasteiger partial charge in [0.05, 0.1) is 12.1 Å². The van der Waals surface area contributed by atoms with Crippen molar-refractivity contribution in [3.63, 3.8) is 0 Å². The highest BCUT2D eigenvalue weighted by molar-refractivity contribution is 6.31. The van der Waals surface area contributed by atoms with Crippen LogP contribution in [0.15, 0.2) is 36.4 Å². The molecule has 128 valence electrons. The van der Waals surface area contributed by atoms with Crippen LogP contribution in [0.2, 0.25) is 5.02 Å². The lowest BCUT2D eigenvalue weighted by Gasteiger charge is -2.15. The molecule has 0 saturated heterocycles. The average Bonchev–Trinajstić information content (AvgIpc) is 2.53. The third-order valence-corrected chi connectivity index (χ3v) is 3.82. The highest BCUT2D eigenvalue weighted by Gasteiger charge is 2.14. The minimum atomic E-state index is -0.536. The van der Waals surface area contributed by atoms with E-state index in [0.29, 0.717) is 17.1 Å². The van der Waals surface area contributed by atoms with Crippen LogP contribution >= 0.6 is 11.6 Å². The van der Waals surface area contributed by atoms with Gasteiger partial charge in [0.2, 0.25) is 5.91 Å². The fourth-order valence-electron chi connectivity index (χ4n) is 2.19. The van der Waals surface area contributed by atoms with E-state index < -0.39 is 17.8 Å². The zero-order chi connectivity index (χ0) is 17.7. The molecule has 0 radical (unpaired) electrons. The monoisotopic (exact) mass is 352 g/mol. The summed E-state index contributed by atoms with van der Waals surface area (Å²) in [6.45, 7) is -0.0471. The van der Waals surface area contributed by atoms with E-state index in [9.17, 15) is 9.18 Å². The van der Waals surface area contributed by atoms with Crippen molar-refractivity contribution in [1.29, 1.82) is 0 Å². The van der Waals surface area contributed by atoms with Crippen molar-refractivity contribution in [2.45, 2.75) is 19.1 Å². The molecule has 0 aliphatic carbocycles. The third-order valence-electron chi connectivity index (χ3n) is 3.47. The highest BCUT2D eigenvalue weighted by atomic mass is 35.5. The summed E-state index contributed by atoms with van der Waals surface area (Å²) in [6.07, 6.45) is 0.0220. The molecule has 0 bridgehead atoms. The molecule has 2 aromatic rings. The fourth-order valence-corrected chi connectivity index (χ4v) is 2.41. The van der Waals surface area contributed by atoms with Gasteiger partial charge in [0.1, 0.15) is 12.4 Å². The molecular formula is C17H18ClFN2O3. The molecule has 1 atom stereocenters. The van der Waals surface area contributed by atoms with Crippen LogP contribution in [0.5, 0.6) is 11.5 Å². The highest BCUT2D eigenvalue weighted by Crippen LogP contribution is 2.32. The molecule has 24 heavy (non-hydrogen) atoms. The normalized spacial score (nSPS) is 11.8. The van der Waals surface area contributed by atoms with E-state index in [2.05, 4.69) is 0 Å². The Morgan fingerprint density at radius 2 is 2.04 bits per heavy atom. The van der Waals surface area contributed by atoms with Gasteiger partial charge >= 0.3 is 0 Å². The molecule has 1 unspecified atom stereocenters. The topological polar surface area (TPSA) is 87.6 Å². The van der Waals surface area contributed by atoms with Crippen molar-refractivity contribution in [2.75, 3.05) is 7.11 Å². The van der Waals surface area contributed by atoms with E-state index in [0.717, 1.165) is 0 Å². The maximum atomic E-state index is 13.8. The summed E-state index contributed by atoms with van der Waals surface area (Å²) in [5, 5.41) is 0.286.